The van der Waals surface area contributed by atoms with Gasteiger partial charge in [-0.3, -0.25) is 9.20 Å². The highest BCUT2D eigenvalue weighted by Gasteiger charge is 2.26. The number of aromatic nitrogens is 2. The molecule has 3 aromatic rings. The molecule has 0 saturated heterocycles. The van der Waals surface area contributed by atoms with Crippen LogP contribution in [-0.4, -0.2) is 42.2 Å². The van der Waals surface area contributed by atoms with E-state index in [2.05, 4.69) is 22.9 Å². The number of rotatable bonds is 4. The number of ether oxygens (including phenoxy) is 1. The second-order valence-corrected chi connectivity index (χ2v) is 6.51. The van der Waals surface area contributed by atoms with Gasteiger partial charge in [0.1, 0.15) is 23.3 Å². The van der Waals surface area contributed by atoms with E-state index in [1.165, 1.54) is 0 Å². The van der Waals surface area contributed by atoms with Gasteiger partial charge in [-0.1, -0.05) is 18.2 Å². The molecular formula is C20H22N4O2. The van der Waals surface area contributed by atoms with E-state index in [0.717, 1.165) is 24.5 Å². The van der Waals surface area contributed by atoms with Gasteiger partial charge in [-0.2, -0.15) is 0 Å². The number of fused-ring (bicyclic) bond motifs is 2. The van der Waals surface area contributed by atoms with Crippen LogP contribution in [0.4, 0.5) is 11.5 Å². The summed E-state index contributed by atoms with van der Waals surface area (Å²) in [6.45, 7) is 4.54. The molecule has 1 aliphatic heterocycles. The van der Waals surface area contributed by atoms with Crippen LogP contribution in [0.15, 0.2) is 59.5 Å². The maximum atomic E-state index is 12.3. The van der Waals surface area contributed by atoms with Gasteiger partial charge < -0.3 is 14.5 Å². The Kier molecular flexibility index (Phi) is 4.24. The van der Waals surface area contributed by atoms with Gasteiger partial charge in [-0.25, -0.2) is 4.98 Å². The zero-order valence-electron chi connectivity index (χ0n) is 15.0. The zero-order chi connectivity index (χ0) is 18.1. The lowest BCUT2D eigenvalue weighted by molar-refractivity contribution is 0.200. The van der Waals surface area contributed by atoms with Crippen molar-refractivity contribution in [3.63, 3.8) is 0 Å². The van der Waals surface area contributed by atoms with Crippen molar-refractivity contribution >= 4 is 17.2 Å². The van der Waals surface area contributed by atoms with Crippen molar-refractivity contribution < 1.29 is 4.74 Å². The first-order chi connectivity index (χ1) is 12.7. The normalized spacial score (nSPS) is 16.2. The average Bonchev–Trinajstić information content (AvgIpc) is 2.67. The van der Waals surface area contributed by atoms with Crippen molar-refractivity contribution in [1.82, 2.24) is 9.38 Å². The van der Waals surface area contributed by atoms with E-state index in [1.807, 2.05) is 48.3 Å². The van der Waals surface area contributed by atoms with Crippen molar-refractivity contribution in [3.05, 3.63) is 65.1 Å². The van der Waals surface area contributed by atoms with Crippen LogP contribution in [0.2, 0.25) is 0 Å². The summed E-state index contributed by atoms with van der Waals surface area (Å²) in [5, 5.41) is 0. The van der Waals surface area contributed by atoms with Gasteiger partial charge in [0.05, 0.1) is 18.8 Å². The van der Waals surface area contributed by atoms with Crippen LogP contribution in [0.3, 0.4) is 0 Å². The number of anilines is 2. The third-order valence-corrected chi connectivity index (χ3v) is 4.73. The summed E-state index contributed by atoms with van der Waals surface area (Å²) < 4.78 is 7.72. The van der Waals surface area contributed by atoms with Crippen LogP contribution in [0, 0.1) is 0 Å². The highest BCUT2D eigenvalue weighted by molar-refractivity contribution is 5.60. The van der Waals surface area contributed by atoms with Crippen molar-refractivity contribution in [3.8, 4) is 5.75 Å². The van der Waals surface area contributed by atoms with Crippen LogP contribution in [0.25, 0.3) is 5.65 Å². The predicted octanol–water partition coefficient (Wildman–Crippen LogP) is 2.42. The van der Waals surface area contributed by atoms with Gasteiger partial charge in [0.25, 0.3) is 5.56 Å². The Bertz CT molecular complexity index is 985. The maximum absolute atomic E-state index is 12.3. The summed E-state index contributed by atoms with van der Waals surface area (Å²) in [6, 6.07) is 15.2. The van der Waals surface area contributed by atoms with Crippen LogP contribution >= 0.6 is 0 Å². The molecule has 0 N–H and O–H groups in total. The molecule has 6 heteroatoms. The average molecular weight is 350 g/mol. The molecule has 1 atom stereocenters. The quantitative estimate of drug-likeness (QED) is 0.723. The lowest BCUT2D eigenvalue weighted by atomic mass is 10.2. The van der Waals surface area contributed by atoms with Crippen molar-refractivity contribution in [2.45, 2.75) is 13.0 Å². The molecule has 2 aromatic heterocycles. The van der Waals surface area contributed by atoms with Gasteiger partial charge in [0, 0.05) is 25.9 Å². The highest BCUT2D eigenvalue weighted by Crippen LogP contribution is 2.33. The summed E-state index contributed by atoms with van der Waals surface area (Å²) >= 11 is 0. The van der Waals surface area contributed by atoms with Gasteiger partial charge >= 0.3 is 0 Å². The Labute approximate surface area is 152 Å². The predicted molar refractivity (Wildman–Crippen MR) is 103 cm³/mol. The Morgan fingerprint density at radius 2 is 2.04 bits per heavy atom. The van der Waals surface area contributed by atoms with E-state index in [-0.39, 0.29) is 11.7 Å². The monoisotopic (exact) mass is 350 g/mol. The van der Waals surface area contributed by atoms with Crippen molar-refractivity contribution in [2.75, 3.05) is 36.5 Å². The molecule has 0 fully saturated rings. The molecule has 0 saturated carbocycles. The second kappa shape index (κ2) is 6.71. The number of hydrogen-bond acceptors (Lipinski definition) is 5. The minimum atomic E-state index is -0.0810. The molecule has 1 aliphatic rings. The molecule has 0 bridgehead atoms. The Morgan fingerprint density at radius 3 is 2.88 bits per heavy atom. The first-order valence-electron chi connectivity index (χ1n) is 8.86. The van der Waals surface area contributed by atoms with Crippen LogP contribution in [-0.2, 0) is 0 Å². The molecule has 1 aromatic carbocycles. The molecule has 26 heavy (non-hydrogen) atoms. The number of para-hydroxylation sites is 2. The van der Waals surface area contributed by atoms with Crippen LogP contribution in [0.1, 0.15) is 6.92 Å². The standard InChI is InChI=1S/C20H22N4O2/c1-3-23-14-15(26-17-9-5-4-8-16(17)23)13-22(2)19-12-20(25)24-11-7-6-10-18(24)21-19/h4-12,15H,3,13-14H2,1-2H3. The SMILES string of the molecule is CCN1CC(CN(C)c2cc(=O)n3ccccc3n2)Oc2ccccc21. The minimum absolute atomic E-state index is 0.00544. The van der Waals surface area contributed by atoms with Crippen molar-refractivity contribution in [1.29, 1.82) is 0 Å². The largest absolute Gasteiger partial charge is 0.485 e. The van der Waals surface area contributed by atoms with E-state index >= 15 is 0 Å². The zero-order valence-corrected chi connectivity index (χ0v) is 15.0. The Balaban J connectivity index is 1.57. The number of nitrogens with zero attached hydrogens (tertiary/aromatic N) is 4. The summed E-state index contributed by atoms with van der Waals surface area (Å²) in [5.41, 5.74) is 1.70. The van der Waals surface area contributed by atoms with E-state index in [4.69, 9.17) is 4.74 Å². The molecular weight excluding hydrogens is 328 g/mol. The smallest absolute Gasteiger partial charge is 0.259 e. The minimum Gasteiger partial charge on any atom is -0.485 e. The molecule has 3 heterocycles. The van der Waals surface area contributed by atoms with E-state index < -0.39 is 0 Å². The summed E-state index contributed by atoms with van der Waals surface area (Å²) in [4.78, 5) is 21.2. The van der Waals surface area contributed by atoms with Crippen LogP contribution in [0.5, 0.6) is 5.75 Å². The Morgan fingerprint density at radius 1 is 1.23 bits per heavy atom. The van der Waals surface area contributed by atoms with E-state index in [9.17, 15) is 4.79 Å². The molecule has 0 spiro atoms. The fourth-order valence-corrected chi connectivity index (χ4v) is 3.41. The van der Waals surface area contributed by atoms with Gasteiger partial charge in [-0.05, 0) is 31.2 Å². The number of hydrogen-bond donors (Lipinski definition) is 0. The summed E-state index contributed by atoms with van der Waals surface area (Å²) in [5.74, 6) is 1.57. The molecule has 1 unspecified atom stereocenters. The molecule has 0 radical (unpaired) electrons. The molecule has 0 aliphatic carbocycles. The molecule has 6 nitrogen and oxygen atoms in total. The molecule has 134 valence electrons. The van der Waals surface area contributed by atoms with Crippen LogP contribution < -0.4 is 20.1 Å². The third kappa shape index (κ3) is 2.98. The topological polar surface area (TPSA) is 50.1 Å². The molecule has 4 rings (SSSR count). The van der Waals surface area contributed by atoms with E-state index in [1.54, 1.807) is 16.7 Å². The van der Waals surface area contributed by atoms with Crippen molar-refractivity contribution in [2.24, 2.45) is 0 Å². The fourth-order valence-electron chi connectivity index (χ4n) is 3.41. The number of likely N-dealkylation sites (N-methyl/N-ethyl adjacent to an activating group) is 2. The Hall–Kier alpha value is -3.02. The molecule has 0 amide bonds. The number of pyridine rings is 1. The fraction of sp³-hybridized carbons (Fsp3) is 0.300. The highest BCUT2D eigenvalue weighted by atomic mass is 16.5. The lowest BCUT2D eigenvalue weighted by Gasteiger charge is -2.37. The van der Waals surface area contributed by atoms with Gasteiger partial charge in [0.2, 0.25) is 0 Å². The first-order valence-corrected chi connectivity index (χ1v) is 8.86. The summed E-state index contributed by atoms with van der Waals surface area (Å²) in [7, 11) is 1.95. The first kappa shape index (κ1) is 16.4. The second-order valence-electron chi connectivity index (χ2n) is 6.51. The maximum Gasteiger partial charge on any atom is 0.259 e. The van der Waals surface area contributed by atoms with Gasteiger partial charge in [-0.15, -0.1) is 0 Å². The third-order valence-electron chi connectivity index (χ3n) is 4.73. The summed E-state index contributed by atoms with van der Waals surface area (Å²) in [6.07, 6.45) is 1.74. The van der Waals surface area contributed by atoms with Gasteiger partial charge in [0.15, 0.2) is 0 Å². The van der Waals surface area contributed by atoms with E-state index in [0.29, 0.717) is 18.0 Å². The number of benzene rings is 1. The lowest BCUT2D eigenvalue weighted by Crippen LogP contribution is -2.46.